The second-order valence-corrected chi connectivity index (χ2v) is 9.27. The van der Waals surface area contributed by atoms with Gasteiger partial charge in [0.1, 0.15) is 17.9 Å². The molecule has 1 aromatic heterocycles. The fourth-order valence-corrected chi connectivity index (χ4v) is 5.71. The molecule has 1 aliphatic carbocycles. The Morgan fingerprint density at radius 3 is 2.75 bits per heavy atom. The quantitative estimate of drug-likeness (QED) is 0.589. The van der Waals surface area contributed by atoms with E-state index < -0.39 is 12.2 Å². The lowest BCUT2D eigenvalue weighted by atomic mass is 9.78. The molecule has 0 radical (unpaired) electrons. The molecule has 5 atom stereocenters. The molecular weight excluding hydrogens is 413 g/mol. The first-order valence-corrected chi connectivity index (χ1v) is 11.7. The number of alkyl halides is 1. The number of carbonyl (C=O) groups is 2. The Morgan fingerprint density at radius 2 is 2.03 bits per heavy atom. The van der Waals surface area contributed by atoms with Crippen LogP contribution in [0.1, 0.15) is 29.8 Å². The second kappa shape index (κ2) is 8.92. The first-order chi connectivity index (χ1) is 15.5. The van der Waals surface area contributed by atoms with Crippen LogP contribution in [-0.2, 0) is 4.79 Å². The van der Waals surface area contributed by atoms with Crippen molar-refractivity contribution in [3.8, 4) is 0 Å². The fourth-order valence-electron chi connectivity index (χ4n) is 5.71. The molecule has 9 nitrogen and oxygen atoms in total. The molecule has 4 heterocycles. The summed E-state index contributed by atoms with van der Waals surface area (Å²) in [5.41, 5.74) is 4.71. The highest BCUT2D eigenvalue weighted by Gasteiger charge is 2.51. The van der Waals surface area contributed by atoms with Crippen LogP contribution in [0.4, 0.5) is 10.1 Å². The van der Waals surface area contributed by atoms with E-state index in [-0.39, 0.29) is 29.8 Å². The molecule has 10 heteroatoms. The molecule has 3 N–H and O–H groups in total. The zero-order valence-corrected chi connectivity index (χ0v) is 18.5. The molecule has 1 saturated carbocycles. The Hall–Kier alpha value is -2.30. The Kier molecular flexibility index (Phi) is 6.00. The van der Waals surface area contributed by atoms with Gasteiger partial charge in [0.05, 0.1) is 17.9 Å². The van der Waals surface area contributed by atoms with Crippen molar-refractivity contribution < 1.29 is 14.0 Å². The third-order valence-corrected chi connectivity index (χ3v) is 7.50. The lowest BCUT2D eigenvalue weighted by molar-refractivity contribution is -0.138. The second-order valence-electron chi connectivity index (χ2n) is 9.27. The number of rotatable bonds is 4. The molecule has 3 aliphatic heterocycles. The first kappa shape index (κ1) is 21.5. The van der Waals surface area contributed by atoms with Gasteiger partial charge in [0, 0.05) is 58.3 Å². The monoisotopic (exact) mass is 445 g/mol. The topological polar surface area (TPSA) is 92.8 Å². The van der Waals surface area contributed by atoms with E-state index in [0.717, 1.165) is 64.2 Å². The molecule has 3 saturated heterocycles. The predicted octanol–water partition coefficient (Wildman–Crippen LogP) is -0.243. The summed E-state index contributed by atoms with van der Waals surface area (Å²) in [5, 5.41) is 7.59. The van der Waals surface area contributed by atoms with Crippen molar-refractivity contribution in [2.24, 2.45) is 5.92 Å². The highest BCUT2D eigenvalue weighted by Crippen LogP contribution is 2.35. The van der Waals surface area contributed by atoms with Gasteiger partial charge in [-0.05, 0) is 31.4 Å². The molecule has 5 rings (SSSR count). The number of amides is 2. The van der Waals surface area contributed by atoms with E-state index in [9.17, 15) is 9.59 Å². The standard InChI is InChI=1S/C22H32FN7O2/c1-24-21(31)16-4-3-15(12-25-16)29-10-8-28(9-11-29)13-14-2-5-17-20(19(14)23)27-22(32)18-6-7-26-30(17)18/h3-4,12,14,17-20,26H,2,5-11,13H2,1H3,(H,24,31)(H,27,32). The Morgan fingerprint density at radius 1 is 1.22 bits per heavy atom. The van der Waals surface area contributed by atoms with Crippen LogP contribution in [-0.4, -0.2) is 97.3 Å². The molecular formula is C22H32FN7O2. The van der Waals surface area contributed by atoms with Crippen molar-refractivity contribution in [1.82, 2.24) is 31.0 Å². The fraction of sp³-hybridized carbons (Fsp3) is 0.682. The maximum absolute atomic E-state index is 15.5. The number of carbonyl (C=O) groups excluding carboxylic acids is 2. The molecule has 4 fully saturated rings. The van der Waals surface area contributed by atoms with Gasteiger partial charge >= 0.3 is 0 Å². The molecule has 0 spiro atoms. The van der Waals surface area contributed by atoms with Crippen molar-refractivity contribution >= 4 is 17.5 Å². The molecule has 0 bridgehead atoms. The van der Waals surface area contributed by atoms with Gasteiger partial charge in [0.15, 0.2) is 0 Å². The van der Waals surface area contributed by atoms with Crippen LogP contribution in [0.15, 0.2) is 18.3 Å². The minimum Gasteiger partial charge on any atom is -0.368 e. The van der Waals surface area contributed by atoms with Gasteiger partial charge in [-0.15, -0.1) is 0 Å². The van der Waals surface area contributed by atoms with E-state index in [2.05, 4.69) is 30.8 Å². The van der Waals surface area contributed by atoms with Crippen molar-refractivity contribution in [3.05, 3.63) is 24.0 Å². The van der Waals surface area contributed by atoms with Gasteiger partial charge in [-0.25, -0.2) is 14.4 Å². The molecule has 5 unspecified atom stereocenters. The highest BCUT2D eigenvalue weighted by atomic mass is 19.1. The van der Waals surface area contributed by atoms with E-state index in [1.54, 1.807) is 19.3 Å². The van der Waals surface area contributed by atoms with Crippen molar-refractivity contribution in [3.63, 3.8) is 0 Å². The van der Waals surface area contributed by atoms with E-state index >= 15 is 4.39 Å². The number of hydrazine groups is 1. The minimum absolute atomic E-state index is 0.0378. The van der Waals surface area contributed by atoms with E-state index in [4.69, 9.17) is 0 Å². The summed E-state index contributed by atoms with van der Waals surface area (Å²) in [7, 11) is 1.59. The normalized spacial score (nSPS) is 33.4. The summed E-state index contributed by atoms with van der Waals surface area (Å²) in [6.07, 6.45) is 3.26. The van der Waals surface area contributed by atoms with Crippen LogP contribution in [0.5, 0.6) is 0 Å². The summed E-state index contributed by atoms with van der Waals surface area (Å²) >= 11 is 0. The maximum Gasteiger partial charge on any atom is 0.269 e. The van der Waals surface area contributed by atoms with Gasteiger partial charge in [-0.3, -0.25) is 19.9 Å². The van der Waals surface area contributed by atoms with E-state index in [1.165, 1.54) is 0 Å². The third kappa shape index (κ3) is 3.95. The largest absolute Gasteiger partial charge is 0.368 e. The van der Waals surface area contributed by atoms with Gasteiger partial charge in [0.25, 0.3) is 5.91 Å². The van der Waals surface area contributed by atoms with Gasteiger partial charge < -0.3 is 15.5 Å². The predicted molar refractivity (Wildman–Crippen MR) is 118 cm³/mol. The van der Waals surface area contributed by atoms with Crippen LogP contribution in [0.3, 0.4) is 0 Å². The zero-order valence-electron chi connectivity index (χ0n) is 18.5. The van der Waals surface area contributed by atoms with Crippen LogP contribution in [0.25, 0.3) is 0 Å². The summed E-state index contributed by atoms with van der Waals surface area (Å²) in [4.78, 5) is 32.9. The molecule has 174 valence electrons. The molecule has 0 aromatic carbocycles. The number of hydrogen-bond donors (Lipinski definition) is 3. The summed E-state index contributed by atoms with van der Waals surface area (Å²) in [5.74, 6) is -0.290. The SMILES string of the molecule is CNC(=O)c1ccc(N2CCN(CC3CCC4C(NC(=O)C5CCNN54)C3F)CC2)cn1. The number of pyridine rings is 1. The van der Waals surface area contributed by atoms with E-state index in [1.807, 2.05) is 11.1 Å². The highest BCUT2D eigenvalue weighted by molar-refractivity contribution is 5.92. The molecule has 1 aromatic rings. The average molecular weight is 446 g/mol. The van der Waals surface area contributed by atoms with Crippen LogP contribution < -0.4 is 21.0 Å². The summed E-state index contributed by atoms with van der Waals surface area (Å²) < 4.78 is 15.5. The van der Waals surface area contributed by atoms with Crippen molar-refractivity contribution in [1.29, 1.82) is 0 Å². The lowest BCUT2D eigenvalue weighted by Gasteiger charge is -2.49. The first-order valence-electron chi connectivity index (χ1n) is 11.7. The molecule has 4 aliphatic rings. The van der Waals surface area contributed by atoms with Gasteiger partial charge in [0.2, 0.25) is 5.91 Å². The zero-order chi connectivity index (χ0) is 22.2. The number of aromatic nitrogens is 1. The smallest absolute Gasteiger partial charge is 0.269 e. The Labute approximate surface area is 187 Å². The van der Waals surface area contributed by atoms with Crippen molar-refractivity contribution in [2.45, 2.75) is 43.6 Å². The lowest BCUT2D eigenvalue weighted by Crippen LogP contribution is -2.70. The average Bonchev–Trinajstić information content (AvgIpc) is 3.32. The number of nitrogens with one attached hydrogen (secondary N) is 3. The minimum atomic E-state index is -1.03. The number of nitrogens with zero attached hydrogens (tertiary/aromatic N) is 4. The maximum atomic E-state index is 15.5. The Balaban J connectivity index is 1.15. The number of hydrogen-bond acceptors (Lipinski definition) is 7. The van der Waals surface area contributed by atoms with Gasteiger partial charge in [-0.1, -0.05) is 0 Å². The van der Waals surface area contributed by atoms with Crippen LogP contribution >= 0.6 is 0 Å². The number of fused-ring (bicyclic) bond motifs is 3. The van der Waals surface area contributed by atoms with Crippen LogP contribution in [0, 0.1) is 5.92 Å². The third-order valence-electron chi connectivity index (χ3n) is 7.50. The molecule has 2 amide bonds. The van der Waals surface area contributed by atoms with Crippen molar-refractivity contribution in [2.75, 3.05) is 51.2 Å². The van der Waals surface area contributed by atoms with E-state index in [0.29, 0.717) is 5.69 Å². The summed E-state index contributed by atoms with van der Waals surface area (Å²) in [6, 6.07) is 3.15. The number of anilines is 1. The van der Waals surface area contributed by atoms with Gasteiger partial charge in [-0.2, -0.15) is 0 Å². The number of halogens is 1. The van der Waals surface area contributed by atoms with Crippen LogP contribution in [0.2, 0.25) is 0 Å². The molecule has 32 heavy (non-hydrogen) atoms. The Bertz CT molecular complexity index is 845. The number of piperazine rings is 2. The summed E-state index contributed by atoms with van der Waals surface area (Å²) in [6.45, 7) is 4.90.